The van der Waals surface area contributed by atoms with Gasteiger partial charge in [0.15, 0.2) is 5.65 Å². The number of benzene rings is 1. The lowest BCUT2D eigenvalue weighted by molar-refractivity contribution is 0.100. The molecule has 0 radical (unpaired) electrons. The van der Waals surface area contributed by atoms with Crippen LogP contribution >= 0.6 is 0 Å². The highest BCUT2D eigenvalue weighted by atomic mass is 16.5. The molecule has 9 heteroatoms. The van der Waals surface area contributed by atoms with E-state index in [0.29, 0.717) is 33.9 Å². The minimum atomic E-state index is -0.679. The molecule has 0 saturated carbocycles. The fourth-order valence-corrected chi connectivity index (χ4v) is 3.87. The van der Waals surface area contributed by atoms with Crippen LogP contribution in [-0.2, 0) is 7.05 Å². The molecule has 0 saturated heterocycles. The van der Waals surface area contributed by atoms with Crippen molar-refractivity contribution in [2.45, 2.75) is 20.8 Å². The maximum Gasteiger partial charge on any atom is 0.253 e. The number of fused-ring (bicyclic) bond motifs is 1. The summed E-state index contributed by atoms with van der Waals surface area (Å²) < 4.78 is 8.88. The second-order valence-electron chi connectivity index (χ2n) is 7.49. The van der Waals surface area contributed by atoms with E-state index in [1.807, 2.05) is 33.0 Å². The number of nitrogens with zero attached hydrogens (tertiary/aromatic N) is 5. The summed E-state index contributed by atoms with van der Waals surface area (Å²) in [6.45, 7) is 5.64. The van der Waals surface area contributed by atoms with Crippen LogP contribution in [0.25, 0.3) is 16.7 Å². The minimum Gasteiger partial charge on any atom is -0.496 e. The summed E-state index contributed by atoms with van der Waals surface area (Å²) in [7, 11) is 3.41. The van der Waals surface area contributed by atoms with Crippen molar-refractivity contribution in [3.8, 4) is 23.3 Å². The largest absolute Gasteiger partial charge is 0.496 e. The number of ether oxygens (including phenoxy) is 1. The van der Waals surface area contributed by atoms with Crippen LogP contribution in [0.1, 0.15) is 38.6 Å². The van der Waals surface area contributed by atoms with Gasteiger partial charge in [-0.1, -0.05) is 12.0 Å². The zero-order chi connectivity index (χ0) is 23.2. The summed E-state index contributed by atoms with van der Waals surface area (Å²) in [6, 6.07) is 3.81. The molecule has 0 fully saturated rings. The van der Waals surface area contributed by atoms with E-state index < -0.39 is 5.91 Å². The average Bonchev–Trinajstić information content (AvgIpc) is 3.27. The van der Waals surface area contributed by atoms with Crippen molar-refractivity contribution in [3.05, 3.63) is 58.3 Å². The van der Waals surface area contributed by atoms with Gasteiger partial charge >= 0.3 is 0 Å². The van der Waals surface area contributed by atoms with Gasteiger partial charge in [-0.15, -0.1) is 0 Å². The Labute approximate surface area is 185 Å². The number of hydrogen-bond acceptors (Lipinski definition) is 6. The molecular weight excluding hydrogens is 406 g/mol. The molecule has 32 heavy (non-hydrogen) atoms. The smallest absolute Gasteiger partial charge is 0.253 e. The van der Waals surface area contributed by atoms with Crippen LogP contribution in [0.15, 0.2) is 24.5 Å². The molecule has 4 N–H and O–H groups in total. The number of anilines is 1. The summed E-state index contributed by atoms with van der Waals surface area (Å²) in [5.41, 5.74) is 16.5. The van der Waals surface area contributed by atoms with Crippen LogP contribution in [0.3, 0.4) is 0 Å². The third kappa shape index (κ3) is 3.32. The highest BCUT2D eigenvalue weighted by Crippen LogP contribution is 2.36. The molecule has 4 rings (SSSR count). The van der Waals surface area contributed by atoms with Crippen molar-refractivity contribution in [1.29, 1.82) is 0 Å². The van der Waals surface area contributed by atoms with Gasteiger partial charge in [0, 0.05) is 18.8 Å². The van der Waals surface area contributed by atoms with E-state index in [9.17, 15) is 4.79 Å². The second-order valence-corrected chi connectivity index (χ2v) is 7.49. The summed E-state index contributed by atoms with van der Waals surface area (Å²) in [6.07, 6.45) is 3.44. The number of primary amides is 1. The SMILES string of the molecule is COc1ccc(C)c(-n2c(N)c(C(N)=O)c3c(C#Cc4cnn(C)c4)nc(C)nc32)c1C. The van der Waals surface area contributed by atoms with Gasteiger partial charge in [-0.05, 0) is 38.3 Å². The Balaban J connectivity index is 2.11. The zero-order valence-electron chi connectivity index (χ0n) is 18.5. The van der Waals surface area contributed by atoms with Crippen molar-refractivity contribution >= 4 is 22.8 Å². The lowest BCUT2D eigenvalue weighted by Gasteiger charge is -2.16. The van der Waals surface area contributed by atoms with E-state index in [0.717, 1.165) is 16.8 Å². The van der Waals surface area contributed by atoms with E-state index in [1.165, 1.54) is 0 Å². The maximum atomic E-state index is 12.5. The second kappa shape index (κ2) is 7.74. The molecule has 0 aliphatic rings. The van der Waals surface area contributed by atoms with Gasteiger partial charge in [0.2, 0.25) is 0 Å². The number of carbonyl (C=O) groups excluding carboxylic acids is 1. The van der Waals surface area contributed by atoms with E-state index in [-0.39, 0.29) is 11.4 Å². The molecule has 0 aliphatic carbocycles. The number of carbonyl (C=O) groups is 1. The molecule has 0 bridgehead atoms. The number of rotatable bonds is 3. The van der Waals surface area contributed by atoms with Crippen LogP contribution in [0.4, 0.5) is 5.82 Å². The molecule has 0 atom stereocenters. The third-order valence-electron chi connectivity index (χ3n) is 5.26. The molecule has 9 nitrogen and oxygen atoms in total. The number of amides is 1. The van der Waals surface area contributed by atoms with Gasteiger partial charge < -0.3 is 16.2 Å². The molecular formula is C23H23N7O2. The standard InChI is InChI=1S/C23H23N7O2/c1-12-6-9-17(32-5)13(2)20(12)30-21(24)19(22(25)31)18-16(27-14(3)28-23(18)30)8-7-15-10-26-29(4)11-15/h6,9-11H,24H2,1-5H3,(H2,25,31). The number of nitrogens with two attached hydrogens (primary N) is 2. The van der Waals surface area contributed by atoms with Gasteiger partial charge in [-0.2, -0.15) is 5.10 Å². The zero-order valence-corrected chi connectivity index (χ0v) is 18.5. The number of methoxy groups -OCH3 is 1. The fraction of sp³-hybridized carbons (Fsp3) is 0.217. The summed E-state index contributed by atoms with van der Waals surface area (Å²) >= 11 is 0. The van der Waals surface area contributed by atoms with Crippen LogP contribution < -0.4 is 16.2 Å². The molecule has 0 aliphatic heterocycles. The molecule has 0 spiro atoms. The normalized spacial score (nSPS) is 10.8. The lowest BCUT2D eigenvalue weighted by Crippen LogP contribution is -2.14. The molecule has 162 valence electrons. The summed E-state index contributed by atoms with van der Waals surface area (Å²) in [5, 5.41) is 4.53. The molecule has 3 aromatic heterocycles. The molecule has 3 heterocycles. The van der Waals surface area contributed by atoms with Crippen molar-refractivity contribution in [2.75, 3.05) is 12.8 Å². The molecule has 4 aromatic rings. The lowest BCUT2D eigenvalue weighted by atomic mass is 10.1. The highest BCUT2D eigenvalue weighted by molar-refractivity contribution is 6.12. The maximum absolute atomic E-state index is 12.5. The first kappa shape index (κ1) is 20.9. The average molecular weight is 429 g/mol. The van der Waals surface area contributed by atoms with Crippen LogP contribution in [-0.4, -0.2) is 37.3 Å². The first-order valence-electron chi connectivity index (χ1n) is 9.86. The predicted octanol–water partition coefficient (Wildman–Crippen LogP) is 2.17. The molecule has 1 amide bonds. The van der Waals surface area contributed by atoms with E-state index in [4.69, 9.17) is 16.2 Å². The van der Waals surface area contributed by atoms with Gasteiger partial charge in [-0.3, -0.25) is 14.0 Å². The van der Waals surface area contributed by atoms with Crippen molar-refractivity contribution in [1.82, 2.24) is 24.3 Å². The first-order chi connectivity index (χ1) is 15.2. The number of hydrogen-bond donors (Lipinski definition) is 2. The third-order valence-corrected chi connectivity index (χ3v) is 5.26. The van der Waals surface area contributed by atoms with Crippen molar-refractivity contribution < 1.29 is 9.53 Å². The highest BCUT2D eigenvalue weighted by Gasteiger charge is 2.26. The molecule has 1 aromatic carbocycles. The summed E-state index contributed by atoms with van der Waals surface area (Å²) in [5.74, 6) is 6.75. The Hall–Kier alpha value is -4.32. The van der Waals surface area contributed by atoms with Crippen LogP contribution in [0.2, 0.25) is 0 Å². The number of aromatic nitrogens is 5. The van der Waals surface area contributed by atoms with Crippen LogP contribution in [0.5, 0.6) is 5.75 Å². The Bertz CT molecular complexity index is 1450. The van der Waals surface area contributed by atoms with E-state index in [1.54, 1.807) is 35.7 Å². The molecule has 0 unspecified atom stereocenters. The number of aryl methyl sites for hydroxylation is 3. The number of nitrogen functional groups attached to an aromatic ring is 1. The topological polar surface area (TPSA) is 127 Å². The van der Waals surface area contributed by atoms with Gasteiger partial charge in [-0.25, -0.2) is 9.97 Å². The fourth-order valence-electron chi connectivity index (χ4n) is 3.87. The van der Waals surface area contributed by atoms with Gasteiger partial charge in [0.05, 0.1) is 35.5 Å². The Morgan fingerprint density at radius 3 is 2.53 bits per heavy atom. The summed E-state index contributed by atoms with van der Waals surface area (Å²) in [4.78, 5) is 21.6. The van der Waals surface area contributed by atoms with E-state index >= 15 is 0 Å². The minimum absolute atomic E-state index is 0.136. The van der Waals surface area contributed by atoms with Crippen molar-refractivity contribution in [3.63, 3.8) is 0 Å². The Morgan fingerprint density at radius 2 is 1.91 bits per heavy atom. The first-order valence-corrected chi connectivity index (χ1v) is 9.86. The van der Waals surface area contributed by atoms with Crippen LogP contribution in [0, 0.1) is 32.6 Å². The van der Waals surface area contributed by atoms with Crippen molar-refractivity contribution in [2.24, 2.45) is 12.8 Å². The van der Waals surface area contributed by atoms with Gasteiger partial charge in [0.25, 0.3) is 5.91 Å². The predicted molar refractivity (Wildman–Crippen MR) is 122 cm³/mol. The Kier molecular flexibility index (Phi) is 5.06. The quantitative estimate of drug-likeness (QED) is 0.481. The van der Waals surface area contributed by atoms with Gasteiger partial charge in [0.1, 0.15) is 23.1 Å². The monoisotopic (exact) mass is 429 g/mol. The van der Waals surface area contributed by atoms with E-state index in [2.05, 4.69) is 26.9 Å². The Morgan fingerprint density at radius 1 is 1.16 bits per heavy atom.